The predicted molar refractivity (Wildman–Crippen MR) is 98.7 cm³/mol. The van der Waals surface area contributed by atoms with Gasteiger partial charge in [0.2, 0.25) is 5.91 Å². The molecule has 1 saturated carbocycles. The van der Waals surface area contributed by atoms with Crippen molar-refractivity contribution in [3.63, 3.8) is 0 Å². The normalized spacial score (nSPS) is 14.8. The van der Waals surface area contributed by atoms with Crippen LogP contribution in [0.3, 0.4) is 0 Å². The monoisotopic (exact) mass is 338 g/mol. The van der Waals surface area contributed by atoms with Crippen LogP contribution in [0.5, 0.6) is 5.75 Å². The smallest absolute Gasteiger partial charge is 0.224 e. The van der Waals surface area contributed by atoms with E-state index in [0.29, 0.717) is 13.0 Å². The fourth-order valence-electron chi connectivity index (χ4n) is 2.83. The largest absolute Gasteiger partial charge is 0.492 e. The average molecular weight is 338 g/mol. The fraction of sp³-hybridized carbons (Fsp3) is 0.429. The highest BCUT2D eigenvalue weighted by Gasteiger charge is 2.23. The van der Waals surface area contributed by atoms with Gasteiger partial charge in [-0.05, 0) is 55.4 Å². The van der Waals surface area contributed by atoms with Crippen LogP contribution in [0, 0.1) is 0 Å². The summed E-state index contributed by atoms with van der Waals surface area (Å²) in [5.74, 6) is 1.53. The molecule has 0 bridgehead atoms. The van der Waals surface area contributed by atoms with Crippen LogP contribution in [0.2, 0.25) is 0 Å². The molecule has 25 heavy (non-hydrogen) atoms. The summed E-state index contributed by atoms with van der Waals surface area (Å²) in [6, 6.07) is 12.1. The highest BCUT2D eigenvalue weighted by Crippen LogP contribution is 2.39. The maximum Gasteiger partial charge on any atom is 0.224 e. The van der Waals surface area contributed by atoms with Crippen molar-refractivity contribution in [2.24, 2.45) is 0 Å². The molecule has 1 amide bonds. The number of hydrogen-bond donors (Lipinski definition) is 1. The van der Waals surface area contributed by atoms with Crippen molar-refractivity contribution in [2.75, 3.05) is 6.61 Å². The van der Waals surface area contributed by atoms with Gasteiger partial charge in [-0.25, -0.2) is 0 Å². The van der Waals surface area contributed by atoms with Gasteiger partial charge in [-0.2, -0.15) is 0 Å². The zero-order valence-corrected chi connectivity index (χ0v) is 15.0. The van der Waals surface area contributed by atoms with Gasteiger partial charge in [0, 0.05) is 0 Å². The molecule has 4 heteroatoms. The Hall–Kier alpha value is -2.36. The molecule has 1 aliphatic carbocycles. The van der Waals surface area contributed by atoms with Crippen molar-refractivity contribution < 1.29 is 9.53 Å². The van der Waals surface area contributed by atoms with Gasteiger partial charge in [0.05, 0.1) is 31.0 Å². The van der Waals surface area contributed by atoms with E-state index in [1.807, 2.05) is 19.1 Å². The highest BCUT2D eigenvalue weighted by molar-refractivity contribution is 5.78. The molecule has 1 aromatic heterocycles. The minimum absolute atomic E-state index is 0.0137. The first-order chi connectivity index (χ1) is 12.2. The topological polar surface area (TPSA) is 51.2 Å². The fourth-order valence-corrected chi connectivity index (χ4v) is 2.83. The van der Waals surface area contributed by atoms with E-state index in [2.05, 4.69) is 41.5 Å². The van der Waals surface area contributed by atoms with Crippen LogP contribution in [-0.2, 0) is 11.2 Å². The molecule has 1 heterocycles. The van der Waals surface area contributed by atoms with E-state index in [4.69, 9.17) is 4.74 Å². The van der Waals surface area contributed by atoms with E-state index < -0.39 is 0 Å². The number of nitrogens with one attached hydrogen (secondary N) is 1. The van der Waals surface area contributed by atoms with E-state index in [9.17, 15) is 4.79 Å². The Kier molecular flexibility index (Phi) is 5.69. The number of pyridine rings is 1. The molecule has 1 atom stereocenters. The molecule has 0 radical (unpaired) electrons. The maximum absolute atomic E-state index is 12.3. The summed E-state index contributed by atoms with van der Waals surface area (Å²) < 4.78 is 5.53. The second kappa shape index (κ2) is 8.15. The van der Waals surface area contributed by atoms with Crippen molar-refractivity contribution in [3.8, 4) is 5.75 Å². The molecule has 1 fully saturated rings. The molecule has 3 rings (SSSR count). The summed E-state index contributed by atoms with van der Waals surface area (Å²) in [6.07, 6.45) is 5.67. The predicted octanol–water partition coefficient (Wildman–Crippen LogP) is 4.17. The number of aromatic nitrogens is 1. The minimum atomic E-state index is -0.126. The van der Waals surface area contributed by atoms with Gasteiger partial charge in [0.25, 0.3) is 0 Å². The number of hydrogen-bond acceptors (Lipinski definition) is 3. The van der Waals surface area contributed by atoms with Crippen molar-refractivity contribution in [2.45, 2.75) is 51.5 Å². The van der Waals surface area contributed by atoms with Crippen LogP contribution >= 0.6 is 0 Å². The van der Waals surface area contributed by atoms with Crippen molar-refractivity contribution in [1.82, 2.24) is 10.3 Å². The number of carbonyl (C=O) groups excluding carboxylic acids is 1. The zero-order valence-electron chi connectivity index (χ0n) is 15.0. The Morgan fingerprint density at radius 3 is 2.60 bits per heavy atom. The quantitative estimate of drug-likeness (QED) is 0.786. The van der Waals surface area contributed by atoms with E-state index >= 15 is 0 Å². The summed E-state index contributed by atoms with van der Waals surface area (Å²) in [5, 5.41) is 3.01. The Labute approximate surface area is 149 Å². The first-order valence-corrected chi connectivity index (χ1v) is 9.12. The van der Waals surface area contributed by atoms with Crippen molar-refractivity contribution in [3.05, 3.63) is 59.4 Å². The number of nitrogens with zero attached hydrogens (tertiary/aromatic N) is 1. The first-order valence-electron chi connectivity index (χ1n) is 9.12. The summed E-state index contributed by atoms with van der Waals surface area (Å²) >= 11 is 0. The molecule has 0 aliphatic heterocycles. The van der Waals surface area contributed by atoms with E-state index in [1.54, 1.807) is 6.20 Å². The van der Waals surface area contributed by atoms with Crippen LogP contribution in [0.15, 0.2) is 42.6 Å². The molecule has 2 aromatic rings. The Morgan fingerprint density at radius 1 is 1.24 bits per heavy atom. The van der Waals surface area contributed by atoms with Crippen LogP contribution < -0.4 is 10.1 Å². The standard InChI is InChI=1S/C21H26N2O2/c1-3-12-25-19-10-11-20(22-14-19)15(2)23-21(24)13-16-4-6-17(7-5-16)18-8-9-18/h4-7,10-11,14-15,18H,3,8-9,12-13H2,1-2H3,(H,23,24)/t15-/m1/s1. The van der Waals surface area contributed by atoms with Crippen LogP contribution in [-0.4, -0.2) is 17.5 Å². The summed E-state index contributed by atoms with van der Waals surface area (Å²) in [7, 11) is 0. The van der Waals surface area contributed by atoms with Gasteiger partial charge in [-0.1, -0.05) is 31.2 Å². The number of rotatable bonds is 8. The van der Waals surface area contributed by atoms with Crippen LogP contribution in [0.25, 0.3) is 0 Å². The molecule has 4 nitrogen and oxygen atoms in total. The lowest BCUT2D eigenvalue weighted by Crippen LogP contribution is -2.28. The molecule has 0 unspecified atom stereocenters. The maximum atomic E-state index is 12.3. The molecule has 0 saturated heterocycles. The van der Waals surface area contributed by atoms with Crippen molar-refractivity contribution in [1.29, 1.82) is 0 Å². The molecular formula is C21H26N2O2. The highest BCUT2D eigenvalue weighted by atomic mass is 16.5. The molecule has 1 aliphatic rings. The van der Waals surface area contributed by atoms with Gasteiger partial charge in [0.15, 0.2) is 0 Å². The molecular weight excluding hydrogens is 312 g/mol. The lowest BCUT2D eigenvalue weighted by Gasteiger charge is -2.14. The van der Waals surface area contributed by atoms with E-state index in [-0.39, 0.29) is 11.9 Å². The number of carbonyl (C=O) groups is 1. The molecule has 1 aromatic carbocycles. The van der Waals surface area contributed by atoms with Gasteiger partial charge >= 0.3 is 0 Å². The van der Waals surface area contributed by atoms with Crippen LogP contribution in [0.4, 0.5) is 0 Å². The lowest BCUT2D eigenvalue weighted by molar-refractivity contribution is -0.121. The number of benzene rings is 1. The Bertz CT molecular complexity index is 691. The van der Waals surface area contributed by atoms with Gasteiger partial charge in [-0.15, -0.1) is 0 Å². The molecule has 1 N–H and O–H groups in total. The minimum Gasteiger partial charge on any atom is -0.492 e. The van der Waals surface area contributed by atoms with Gasteiger partial charge in [0.1, 0.15) is 5.75 Å². The summed E-state index contributed by atoms with van der Waals surface area (Å²) in [6.45, 7) is 4.70. The lowest BCUT2D eigenvalue weighted by atomic mass is 10.1. The average Bonchev–Trinajstić information content (AvgIpc) is 3.46. The first kappa shape index (κ1) is 17.5. The number of ether oxygens (including phenoxy) is 1. The van der Waals surface area contributed by atoms with E-state index in [1.165, 1.54) is 18.4 Å². The zero-order chi connectivity index (χ0) is 17.6. The summed E-state index contributed by atoms with van der Waals surface area (Å²) in [4.78, 5) is 16.7. The van der Waals surface area contributed by atoms with Crippen molar-refractivity contribution >= 4 is 5.91 Å². The molecule has 0 spiro atoms. The Morgan fingerprint density at radius 2 is 2.00 bits per heavy atom. The third-order valence-electron chi connectivity index (χ3n) is 4.45. The second-order valence-electron chi connectivity index (χ2n) is 6.75. The van der Waals surface area contributed by atoms with Gasteiger partial charge in [-0.3, -0.25) is 9.78 Å². The third kappa shape index (κ3) is 5.05. The SMILES string of the molecule is CCCOc1ccc([C@@H](C)NC(=O)Cc2ccc(C3CC3)cc2)nc1. The molecule has 132 valence electrons. The van der Waals surface area contributed by atoms with Crippen LogP contribution in [0.1, 0.15) is 61.9 Å². The third-order valence-corrected chi connectivity index (χ3v) is 4.45. The van der Waals surface area contributed by atoms with Gasteiger partial charge < -0.3 is 10.1 Å². The summed E-state index contributed by atoms with van der Waals surface area (Å²) in [5.41, 5.74) is 3.28. The number of amides is 1. The Balaban J connectivity index is 1.51. The van der Waals surface area contributed by atoms with E-state index in [0.717, 1.165) is 29.3 Å². The second-order valence-corrected chi connectivity index (χ2v) is 6.75.